The van der Waals surface area contributed by atoms with Crippen molar-refractivity contribution >= 4 is 5.97 Å². The summed E-state index contributed by atoms with van der Waals surface area (Å²) >= 11 is 0. The van der Waals surface area contributed by atoms with Gasteiger partial charge in [0.05, 0.1) is 0 Å². The highest BCUT2D eigenvalue weighted by Gasteiger charge is 2.60. The van der Waals surface area contributed by atoms with Crippen LogP contribution in [-0.4, -0.2) is 12.1 Å². The average Bonchev–Trinajstić information content (AvgIpc) is 3.22. The fourth-order valence-electron chi connectivity index (χ4n) is 10.8. The molecule has 0 amide bonds. The number of carbonyl (C=O) groups is 1. The van der Waals surface area contributed by atoms with Crippen molar-refractivity contribution in [2.75, 3.05) is 0 Å². The SMILES string of the molecule is CCCCCC(=O)O[C@H]1CC[C@@]2(C)[C@@H](CC[C@@H]3[C@@H]2CC[C@]2(C)[C@@H]([C@H](C)CC[C@@H](CC)C(C)C)CC[C@@H]32)C1. The van der Waals surface area contributed by atoms with Crippen LogP contribution in [0, 0.1) is 58.2 Å². The van der Waals surface area contributed by atoms with E-state index in [1.54, 1.807) is 0 Å². The molecule has 0 radical (unpaired) electrons. The first-order valence-corrected chi connectivity index (χ1v) is 16.8. The fraction of sp³-hybridized carbons (Fsp3) is 0.971. The molecule has 4 saturated carbocycles. The lowest BCUT2D eigenvalue weighted by molar-refractivity contribution is -0.162. The Morgan fingerprint density at radius 1 is 0.865 bits per heavy atom. The van der Waals surface area contributed by atoms with E-state index in [2.05, 4.69) is 48.5 Å². The predicted molar refractivity (Wildman–Crippen MR) is 156 cm³/mol. The van der Waals surface area contributed by atoms with Gasteiger partial charge < -0.3 is 4.74 Å². The van der Waals surface area contributed by atoms with Gasteiger partial charge in [-0.15, -0.1) is 0 Å². The van der Waals surface area contributed by atoms with Crippen molar-refractivity contribution in [3.05, 3.63) is 0 Å². The molecule has 4 aliphatic carbocycles. The maximum absolute atomic E-state index is 12.4. The first-order valence-electron chi connectivity index (χ1n) is 16.8. The van der Waals surface area contributed by atoms with Gasteiger partial charge in [0, 0.05) is 6.42 Å². The molecular weight excluding hydrogens is 452 g/mol. The van der Waals surface area contributed by atoms with E-state index in [4.69, 9.17) is 4.74 Å². The fourth-order valence-corrected chi connectivity index (χ4v) is 10.8. The minimum atomic E-state index is 0.0638. The zero-order chi connectivity index (χ0) is 26.8. The number of hydrogen-bond donors (Lipinski definition) is 0. The molecule has 0 aromatic rings. The average molecular weight is 515 g/mol. The molecule has 0 aliphatic heterocycles. The Labute approximate surface area is 230 Å². The van der Waals surface area contributed by atoms with E-state index in [-0.39, 0.29) is 12.1 Å². The predicted octanol–water partition coefficient (Wildman–Crippen LogP) is 10.2. The van der Waals surface area contributed by atoms with Crippen molar-refractivity contribution in [2.45, 2.75) is 157 Å². The molecule has 2 heteroatoms. The first kappa shape index (κ1) is 29.5. The molecule has 4 rings (SSSR count). The maximum Gasteiger partial charge on any atom is 0.306 e. The molecule has 2 nitrogen and oxygen atoms in total. The van der Waals surface area contributed by atoms with Crippen LogP contribution in [-0.2, 0) is 9.53 Å². The van der Waals surface area contributed by atoms with Crippen molar-refractivity contribution in [1.82, 2.24) is 0 Å². The van der Waals surface area contributed by atoms with Crippen molar-refractivity contribution in [2.24, 2.45) is 58.2 Å². The zero-order valence-electron chi connectivity index (χ0n) is 25.8. The quantitative estimate of drug-likeness (QED) is 0.202. The molecule has 0 spiro atoms. The van der Waals surface area contributed by atoms with E-state index in [0.29, 0.717) is 17.3 Å². The Kier molecular flexibility index (Phi) is 9.81. The standard InChI is InChI=1S/C35H62O2/c1-8-10-11-12-33(36)37-28-19-21-34(6)27(23-28)15-16-29-31-18-17-30(35(31,7)22-20-32(29)34)25(5)13-14-26(9-2)24(3)4/h24-32H,8-23H2,1-7H3/t25-,26-,27+,28+,29+,30-,31+,32+,34+,35-/m1/s1. The molecule has 214 valence electrons. The highest BCUT2D eigenvalue weighted by Crippen LogP contribution is 2.68. The smallest absolute Gasteiger partial charge is 0.306 e. The molecule has 0 N–H and O–H groups in total. The van der Waals surface area contributed by atoms with Crippen LogP contribution in [0.15, 0.2) is 0 Å². The highest BCUT2D eigenvalue weighted by atomic mass is 16.5. The van der Waals surface area contributed by atoms with Crippen LogP contribution >= 0.6 is 0 Å². The lowest BCUT2D eigenvalue weighted by atomic mass is 9.44. The van der Waals surface area contributed by atoms with E-state index in [1.165, 1.54) is 64.2 Å². The van der Waals surface area contributed by atoms with Crippen LogP contribution in [0.2, 0.25) is 0 Å². The number of rotatable bonds is 11. The second kappa shape index (κ2) is 12.3. The van der Waals surface area contributed by atoms with E-state index < -0.39 is 0 Å². The number of ether oxygens (including phenoxy) is 1. The topological polar surface area (TPSA) is 26.3 Å². The Morgan fingerprint density at radius 3 is 2.30 bits per heavy atom. The summed E-state index contributed by atoms with van der Waals surface area (Å²) in [4.78, 5) is 12.4. The molecule has 0 saturated heterocycles. The van der Waals surface area contributed by atoms with Crippen LogP contribution in [0.3, 0.4) is 0 Å². The van der Waals surface area contributed by atoms with Gasteiger partial charge in [-0.1, -0.05) is 74.1 Å². The molecule has 0 aromatic heterocycles. The minimum absolute atomic E-state index is 0.0638. The largest absolute Gasteiger partial charge is 0.462 e. The third kappa shape index (κ3) is 5.99. The van der Waals surface area contributed by atoms with Gasteiger partial charge in [-0.2, -0.15) is 0 Å². The molecule has 0 bridgehead atoms. The number of hydrogen-bond acceptors (Lipinski definition) is 2. The summed E-state index contributed by atoms with van der Waals surface area (Å²) < 4.78 is 6.02. The van der Waals surface area contributed by atoms with Gasteiger partial charge in [-0.25, -0.2) is 0 Å². The maximum atomic E-state index is 12.4. The van der Waals surface area contributed by atoms with Gasteiger partial charge in [-0.05, 0) is 129 Å². The molecule has 4 fully saturated rings. The van der Waals surface area contributed by atoms with Gasteiger partial charge >= 0.3 is 5.97 Å². The van der Waals surface area contributed by atoms with Crippen molar-refractivity contribution in [1.29, 1.82) is 0 Å². The third-order valence-corrected chi connectivity index (χ3v) is 13.1. The highest BCUT2D eigenvalue weighted by molar-refractivity contribution is 5.69. The summed E-state index contributed by atoms with van der Waals surface area (Å²) in [5, 5.41) is 0. The zero-order valence-corrected chi connectivity index (χ0v) is 25.8. The van der Waals surface area contributed by atoms with Crippen molar-refractivity contribution in [3.63, 3.8) is 0 Å². The lowest BCUT2D eigenvalue weighted by Crippen LogP contribution is -2.54. The second-order valence-corrected chi connectivity index (χ2v) is 15.2. The van der Waals surface area contributed by atoms with Gasteiger partial charge in [0.1, 0.15) is 6.10 Å². The Balaban J connectivity index is 1.36. The molecule has 0 unspecified atom stereocenters. The Bertz CT molecular complexity index is 744. The van der Waals surface area contributed by atoms with Gasteiger partial charge in [0.15, 0.2) is 0 Å². The molecule has 0 heterocycles. The van der Waals surface area contributed by atoms with Crippen LogP contribution in [0.5, 0.6) is 0 Å². The summed E-state index contributed by atoms with van der Waals surface area (Å²) in [6, 6.07) is 0. The van der Waals surface area contributed by atoms with E-state index in [1.807, 2.05) is 0 Å². The van der Waals surface area contributed by atoms with Crippen LogP contribution in [0.4, 0.5) is 0 Å². The monoisotopic (exact) mass is 514 g/mol. The number of fused-ring (bicyclic) bond motifs is 5. The summed E-state index contributed by atoms with van der Waals surface area (Å²) in [7, 11) is 0. The molecular formula is C35H62O2. The number of esters is 1. The third-order valence-electron chi connectivity index (χ3n) is 13.1. The van der Waals surface area contributed by atoms with Crippen molar-refractivity contribution < 1.29 is 9.53 Å². The van der Waals surface area contributed by atoms with E-state index in [0.717, 1.165) is 79.4 Å². The van der Waals surface area contributed by atoms with Gasteiger partial charge in [0.25, 0.3) is 0 Å². The Hall–Kier alpha value is -0.530. The summed E-state index contributed by atoms with van der Waals surface area (Å²) in [5.74, 6) is 7.20. The molecule has 4 aliphatic rings. The Morgan fingerprint density at radius 2 is 1.59 bits per heavy atom. The van der Waals surface area contributed by atoms with Crippen LogP contribution < -0.4 is 0 Å². The van der Waals surface area contributed by atoms with E-state index >= 15 is 0 Å². The second-order valence-electron chi connectivity index (χ2n) is 15.2. The number of unbranched alkanes of at least 4 members (excludes halogenated alkanes) is 2. The van der Waals surface area contributed by atoms with Crippen LogP contribution in [0.1, 0.15) is 151 Å². The molecule has 37 heavy (non-hydrogen) atoms. The minimum Gasteiger partial charge on any atom is -0.462 e. The van der Waals surface area contributed by atoms with Gasteiger partial charge in [-0.3, -0.25) is 4.79 Å². The molecule has 0 aromatic carbocycles. The van der Waals surface area contributed by atoms with Crippen LogP contribution in [0.25, 0.3) is 0 Å². The summed E-state index contributed by atoms with van der Waals surface area (Å²) in [6.07, 6.45) is 20.6. The van der Waals surface area contributed by atoms with Crippen molar-refractivity contribution in [3.8, 4) is 0 Å². The molecule has 10 atom stereocenters. The van der Waals surface area contributed by atoms with E-state index in [9.17, 15) is 4.79 Å². The van der Waals surface area contributed by atoms with Gasteiger partial charge in [0.2, 0.25) is 0 Å². The lowest BCUT2D eigenvalue weighted by Gasteiger charge is -2.61. The number of carbonyl (C=O) groups excluding carboxylic acids is 1. The normalized spacial score (nSPS) is 41.0. The summed E-state index contributed by atoms with van der Waals surface area (Å²) in [6.45, 7) is 17.4. The summed E-state index contributed by atoms with van der Waals surface area (Å²) in [5.41, 5.74) is 1.05. The first-order chi connectivity index (χ1) is 17.6.